The third-order valence-electron chi connectivity index (χ3n) is 3.66. The summed E-state index contributed by atoms with van der Waals surface area (Å²) in [5.41, 5.74) is 3.38. The highest BCUT2D eigenvalue weighted by atomic mass is 32.1. The van der Waals surface area contributed by atoms with Gasteiger partial charge in [-0.1, -0.05) is 29.8 Å². The molecule has 0 aliphatic rings. The first-order valence-electron chi connectivity index (χ1n) is 7.99. The molecule has 6 heteroatoms. The van der Waals surface area contributed by atoms with E-state index in [1.807, 2.05) is 45.0 Å². The van der Waals surface area contributed by atoms with Crippen LogP contribution in [0.4, 0.5) is 5.69 Å². The van der Waals surface area contributed by atoms with Gasteiger partial charge in [-0.2, -0.15) is 5.06 Å². The van der Waals surface area contributed by atoms with E-state index in [9.17, 15) is 5.21 Å². The molecule has 0 bridgehead atoms. The van der Waals surface area contributed by atoms with Crippen molar-refractivity contribution in [3.05, 3.63) is 53.1 Å². The van der Waals surface area contributed by atoms with Gasteiger partial charge in [-0.05, 0) is 50.7 Å². The maximum Gasteiger partial charge on any atom is 0.288 e. The van der Waals surface area contributed by atoms with Crippen LogP contribution in [0.2, 0.25) is 0 Å². The van der Waals surface area contributed by atoms with Crippen LogP contribution >= 0.6 is 12.2 Å². The molecule has 0 saturated carbocycles. The van der Waals surface area contributed by atoms with Crippen LogP contribution in [-0.4, -0.2) is 24.1 Å². The number of hydrogen-bond donors (Lipinski definition) is 1. The van der Waals surface area contributed by atoms with Crippen LogP contribution in [0.15, 0.2) is 36.4 Å². The highest BCUT2D eigenvalue weighted by Crippen LogP contribution is 2.33. The van der Waals surface area contributed by atoms with Crippen molar-refractivity contribution < 1.29 is 19.4 Å². The van der Waals surface area contributed by atoms with Gasteiger partial charge in [-0.25, -0.2) is 0 Å². The predicted octanol–water partition coefficient (Wildman–Crippen LogP) is 4.41. The Morgan fingerprint density at radius 2 is 1.88 bits per heavy atom. The molecule has 0 unspecified atom stereocenters. The van der Waals surface area contributed by atoms with Crippen molar-refractivity contribution in [3.63, 3.8) is 0 Å². The van der Waals surface area contributed by atoms with E-state index in [0.29, 0.717) is 18.0 Å². The number of aryl methyl sites for hydroxylation is 2. The van der Waals surface area contributed by atoms with Crippen molar-refractivity contribution in [3.8, 4) is 11.5 Å². The standard InChI is InChI=1S/C19H23NO4S/c1-5-23-17-8-6-7-15(18(17)20(21)19(25)22-4)12-24-16-10-9-13(2)11-14(16)3/h6-11,21H,5,12H2,1-4H3. The number of thiocarbonyl (C=S) groups is 1. The number of ether oxygens (including phenoxy) is 3. The predicted molar refractivity (Wildman–Crippen MR) is 102 cm³/mol. The van der Waals surface area contributed by atoms with Crippen molar-refractivity contribution in [2.24, 2.45) is 0 Å². The minimum Gasteiger partial charge on any atom is -0.492 e. The van der Waals surface area contributed by atoms with Crippen LogP contribution in [0.25, 0.3) is 0 Å². The zero-order chi connectivity index (χ0) is 18.4. The number of benzene rings is 2. The van der Waals surface area contributed by atoms with Crippen molar-refractivity contribution in [1.29, 1.82) is 0 Å². The molecule has 5 nitrogen and oxygen atoms in total. The Hall–Kier alpha value is -2.31. The fourth-order valence-corrected chi connectivity index (χ4v) is 2.58. The number of para-hydroxylation sites is 1. The van der Waals surface area contributed by atoms with E-state index in [1.54, 1.807) is 6.07 Å². The van der Waals surface area contributed by atoms with Gasteiger partial charge in [0.25, 0.3) is 5.17 Å². The molecular formula is C19H23NO4S. The smallest absolute Gasteiger partial charge is 0.288 e. The second kappa shape index (κ2) is 8.69. The van der Waals surface area contributed by atoms with Crippen molar-refractivity contribution in [2.75, 3.05) is 18.8 Å². The van der Waals surface area contributed by atoms with E-state index >= 15 is 0 Å². The van der Waals surface area contributed by atoms with E-state index in [4.69, 9.17) is 26.4 Å². The topological polar surface area (TPSA) is 51.2 Å². The fourth-order valence-electron chi connectivity index (χ4n) is 2.49. The van der Waals surface area contributed by atoms with Crippen LogP contribution in [0.5, 0.6) is 11.5 Å². The monoisotopic (exact) mass is 361 g/mol. The van der Waals surface area contributed by atoms with Crippen LogP contribution in [0, 0.1) is 13.8 Å². The first-order valence-corrected chi connectivity index (χ1v) is 8.40. The molecule has 0 aliphatic heterocycles. The highest BCUT2D eigenvalue weighted by molar-refractivity contribution is 7.80. The normalized spacial score (nSPS) is 10.3. The van der Waals surface area contributed by atoms with Gasteiger partial charge in [0.2, 0.25) is 0 Å². The maximum absolute atomic E-state index is 10.4. The third kappa shape index (κ3) is 4.61. The summed E-state index contributed by atoms with van der Waals surface area (Å²) in [6.07, 6.45) is 0. The molecule has 25 heavy (non-hydrogen) atoms. The van der Waals surface area contributed by atoms with Gasteiger partial charge in [0, 0.05) is 5.56 Å². The van der Waals surface area contributed by atoms with E-state index < -0.39 is 0 Å². The Morgan fingerprint density at radius 1 is 1.12 bits per heavy atom. The molecule has 0 fully saturated rings. The summed E-state index contributed by atoms with van der Waals surface area (Å²) >= 11 is 5.03. The summed E-state index contributed by atoms with van der Waals surface area (Å²) in [5.74, 6) is 1.29. The zero-order valence-corrected chi connectivity index (χ0v) is 15.7. The Bertz CT molecular complexity index is 748. The number of rotatable bonds is 6. The van der Waals surface area contributed by atoms with Crippen molar-refractivity contribution in [1.82, 2.24) is 0 Å². The molecule has 0 aromatic heterocycles. The quantitative estimate of drug-likeness (QED) is 0.608. The number of methoxy groups -OCH3 is 1. The lowest BCUT2D eigenvalue weighted by Gasteiger charge is -2.22. The summed E-state index contributed by atoms with van der Waals surface area (Å²) in [4.78, 5) is 0. The van der Waals surface area contributed by atoms with Gasteiger partial charge in [-0.3, -0.25) is 5.21 Å². The molecule has 2 aromatic rings. The first kappa shape index (κ1) is 19.0. The average molecular weight is 361 g/mol. The Labute approximate surface area is 153 Å². The molecule has 0 spiro atoms. The molecule has 0 amide bonds. The lowest BCUT2D eigenvalue weighted by atomic mass is 10.1. The summed E-state index contributed by atoms with van der Waals surface area (Å²) in [5, 5.41) is 11.1. The second-order valence-corrected chi connectivity index (χ2v) is 5.89. The van der Waals surface area contributed by atoms with Crippen LogP contribution in [-0.2, 0) is 11.3 Å². The molecule has 0 aliphatic carbocycles. The van der Waals surface area contributed by atoms with Gasteiger partial charge in [0.05, 0.1) is 13.7 Å². The summed E-state index contributed by atoms with van der Waals surface area (Å²) in [6.45, 7) is 6.62. The maximum atomic E-state index is 10.4. The number of hydroxylamine groups is 1. The lowest BCUT2D eigenvalue weighted by molar-refractivity contribution is 0.256. The van der Waals surface area contributed by atoms with Gasteiger partial charge >= 0.3 is 0 Å². The molecule has 2 rings (SSSR count). The SMILES string of the molecule is CCOc1cccc(COc2ccc(C)cc2C)c1N(O)C(=S)OC. The number of hydrogen-bond acceptors (Lipinski definition) is 5. The number of nitrogens with zero attached hydrogens (tertiary/aromatic N) is 1. The Morgan fingerprint density at radius 3 is 2.52 bits per heavy atom. The third-order valence-corrected chi connectivity index (χ3v) is 3.99. The second-order valence-electron chi connectivity index (χ2n) is 5.54. The van der Waals surface area contributed by atoms with E-state index in [0.717, 1.165) is 21.9 Å². The zero-order valence-electron chi connectivity index (χ0n) is 14.9. The highest BCUT2D eigenvalue weighted by Gasteiger charge is 2.20. The van der Waals surface area contributed by atoms with E-state index in [1.165, 1.54) is 12.7 Å². The number of anilines is 1. The van der Waals surface area contributed by atoms with Gasteiger partial charge in [0.15, 0.2) is 0 Å². The molecule has 2 aromatic carbocycles. The molecule has 1 N–H and O–H groups in total. The Balaban J connectivity index is 2.32. The summed E-state index contributed by atoms with van der Waals surface area (Å²) < 4.78 is 16.5. The molecule has 134 valence electrons. The van der Waals surface area contributed by atoms with Gasteiger partial charge < -0.3 is 14.2 Å². The lowest BCUT2D eigenvalue weighted by Crippen LogP contribution is -2.28. The van der Waals surface area contributed by atoms with Crippen LogP contribution < -0.4 is 14.5 Å². The Kier molecular flexibility index (Phi) is 6.61. The summed E-state index contributed by atoms with van der Waals surface area (Å²) in [6, 6.07) is 11.5. The van der Waals surface area contributed by atoms with Crippen molar-refractivity contribution in [2.45, 2.75) is 27.4 Å². The minimum atomic E-state index is -0.0695. The molecule has 0 heterocycles. The van der Waals surface area contributed by atoms with Gasteiger partial charge in [-0.15, -0.1) is 0 Å². The average Bonchev–Trinajstić information content (AvgIpc) is 2.60. The van der Waals surface area contributed by atoms with E-state index in [2.05, 4.69) is 6.07 Å². The first-order chi connectivity index (χ1) is 12.0. The van der Waals surface area contributed by atoms with Crippen LogP contribution in [0.3, 0.4) is 0 Å². The largest absolute Gasteiger partial charge is 0.492 e. The summed E-state index contributed by atoms with van der Waals surface area (Å²) in [7, 11) is 1.40. The van der Waals surface area contributed by atoms with Crippen LogP contribution in [0.1, 0.15) is 23.6 Å². The minimum absolute atomic E-state index is 0.0695. The molecule has 0 atom stereocenters. The molecule has 0 radical (unpaired) electrons. The van der Waals surface area contributed by atoms with Gasteiger partial charge in [0.1, 0.15) is 23.8 Å². The molecule has 0 saturated heterocycles. The molecular weight excluding hydrogens is 338 g/mol. The fraction of sp³-hybridized carbons (Fsp3) is 0.316. The van der Waals surface area contributed by atoms with E-state index in [-0.39, 0.29) is 11.8 Å². The van der Waals surface area contributed by atoms with Crippen molar-refractivity contribution >= 4 is 23.1 Å².